The zero-order chi connectivity index (χ0) is 12.4. The normalized spacial score (nSPS) is 24.7. The van der Waals surface area contributed by atoms with Gasteiger partial charge in [0.05, 0.1) is 0 Å². The Labute approximate surface area is 101 Å². The molecule has 2 atom stereocenters. The van der Waals surface area contributed by atoms with Gasteiger partial charge in [0.25, 0.3) is 0 Å². The average molecular weight is 234 g/mol. The summed E-state index contributed by atoms with van der Waals surface area (Å²) < 4.78 is 0. The van der Waals surface area contributed by atoms with Crippen LogP contribution in [0.5, 0.6) is 0 Å². The van der Waals surface area contributed by atoms with Crippen molar-refractivity contribution >= 4 is 11.7 Å². The van der Waals surface area contributed by atoms with Crippen LogP contribution < -0.4 is 4.90 Å². The molecular formula is C13H18N2O2. The Morgan fingerprint density at radius 1 is 1.47 bits per heavy atom. The van der Waals surface area contributed by atoms with Gasteiger partial charge in [-0.3, -0.25) is 0 Å². The van der Waals surface area contributed by atoms with Gasteiger partial charge in [0.2, 0.25) is 0 Å². The third-order valence-corrected chi connectivity index (χ3v) is 3.66. The number of carboxylic acids is 1. The summed E-state index contributed by atoms with van der Waals surface area (Å²) in [5.74, 6) is 0.419. The Bertz CT molecular complexity index is 420. The van der Waals surface area contributed by atoms with Gasteiger partial charge in [-0.2, -0.15) is 0 Å². The lowest BCUT2D eigenvalue weighted by Gasteiger charge is -2.36. The summed E-state index contributed by atoms with van der Waals surface area (Å²) in [7, 11) is 0. The van der Waals surface area contributed by atoms with Gasteiger partial charge >= 0.3 is 5.97 Å². The number of carbonyl (C=O) groups is 1. The molecule has 0 aromatic carbocycles. The molecule has 4 nitrogen and oxygen atoms in total. The number of hydrogen-bond donors (Lipinski definition) is 1. The second kappa shape index (κ2) is 4.73. The number of rotatable bonds is 2. The molecule has 2 heterocycles. The quantitative estimate of drug-likeness (QED) is 0.852. The van der Waals surface area contributed by atoms with E-state index in [4.69, 9.17) is 5.11 Å². The SMILES string of the molecule is CC1CCN(c2ccnc(C(=O)O)c2)CC1C. The van der Waals surface area contributed by atoms with Crippen molar-refractivity contribution in [1.29, 1.82) is 0 Å². The van der Waals surface area contributed by atoms with Gasteiger partial charge in [0, 0.05) is 25.0 Å². The molecule has 1 N–H and O–H groups in total. The summed E-state index contributed by atoms with van der Waals surface area (Å²) in [6.45, 7) is 6.51. The second-order valence-corrected chi connectivity index (χ2v) is 4.89. The molecule has 0 saturated carbocycles. The van der Waals surface area contributed by atoms with Crippen LogP contribution in [0.25, 0.3) is 0 Å². The first kappa shape index (κ1) is 11.9. The van der Waals surface area contributed by atoms with E-state index in [1.54, 1.807) is 12.3 Å². The van der Waals surface area contributed by atoms with E-state index in [2.05, 4.69) is 23.7 Å². The molecule has 1 fully saturated rings. The van der Waals surface area contributed by atoms with Crippen LogP contribution in [0.3, 0.4) is 0 Å². The highest BCUT2D eigenvalue weighted by Crippen LogP contribution is 2.26. The molecule has 1 aromatic rings. The van der Waals surface area contributed by atoms with Crippen molar-refractivity contribution in [2.24, 2.45) is 11.8 Å². The number of piperidine rings is 1. The van der Waals surface area contributed by atoms with Crippen molar-refractivity contribution in [1.82, 2.24) is 4.98 Å². The predicted octanol–water partition coefficient (Wildman–Crippen LogP) is 2.26. The number of aromatic carboxylic acids is 1. The van der Waals surface area contributed by atoms with E-state index >= 15 is 0 Å². The number of anilines is 1. The number of hydrogen-bond acceptors (Lipinski definition) is 3. The van der Waals surface area contributed by atoms with Gasteiger partial charge in [-0.25, -0.2) is 9.78 Å². The first-order valence-corrected chi connectivity index (χ1v) is 6.02. The molecule has 2 unspecified atom stereocenters. The van der Waals surface area contributed by atoms with Gasteiger partial charge < -0.3 is 10.0 Å². The molecule has 1 aromatic heterocycles. The smallest absolute Gasteiger partial charge is 0.354 e. The molecule has 0 spiro atoms. The number of pyridine rings is 1. The first-order chi connectivity index (χ1) is 8.08. The van der Waals surface area contributed by atoms with Gasteiger partial charge in [-0.05, 0) is 30.4 Å². The van der Waals surface area contributed by atoms with E-state index in [0.717, 1.165) is 31.1 Å². The molecule has 2 rings (SSSR count). The maximum Gasteiger partial charge on any atom is 0.354 e. The highest BCUT2D eigenvalue weighted by Gasteiger charge is 2.23. The minimum Gasteiger partial charge on any atom is -0.477 e. The van der Waals surface area contributed by atoms with Crippen molar-refractivity contribution < 1.29 is 9.90 Å². The van der Waals surface area contributed by atoms with Crippen molar-refractivity contribution in [3.63, 3.8) is 0 Å². The lowest BCUT2D eigenvalue weighted by Crippen LogP contribution is -2.38. The molecule has 4 heteroatoms. The Balaban J connectivity index is 2.17. The minimum atomic E-state index is -0.967. The summed E-state index contributed by atoms with van der Waals surface area (Å²) in [6.07, 6.45) is 2.73. The van der Waals surface area contributed by atoms with E-state index in [1.807, 2.05) is 6.07 Å². The topological polar surface area (TPSA) is 53.4 Å². The summed E-state index contributed by atoms with van der Waals surface area (Å²) in [5, 5.41) is 8.92. The molecule has 1 saturated heterocycles. The van der Waals surface area contributed by atoms with E-state index < -0.39 is 5.97 Å². The lowest BCUT2D eigenvalue weighted by molar-refractivity contribution is 0.0690. The average Bonchev–Trinajstić information content (AvgIpc) is 2.33. The van der Waals surface area contributed by atoms with Crippen molar-refractivity contribution in [2.75, 3.05) is 18.0 Å². The van der Waals surface area contributed by atoms with Crippen molar-refractivity contribution in [3.05, 3.63) is 24.0 Å². The molecule has 0 bridgehead atoms. The Kier molecular flexibility index (Phi) is 3.31. The van der Waals surface area contributed by atoms with Gasteiger partial charge in [0.1, 0.15) is 5.69 Å². The number of nitrogens with zero attached hydrogens (tertiary/aromatic N) is 2. The van der Waals surface area contributed by atoms with Crippen LogP contribution in [0.4, 0.5) is 5.69 Å². The standard InChI is InChI=1S/C13H18N2O2/c1-9-4-6-15(8-10(9)2)11-3-5-14-12(7-11)13(16)17/h3,5,7,9-10H,4,6,8H2,1-2H3,(H,16,17). The summed E-state index contributed by atoms with van der Waals surface area (Å²) in [6, 6.07) is 3.54. The molecule has 0 radical (unpaired) electrons. The Hall–Kier alpha value is -1.58. The molecule has 92 valence electrons. The third kappa shape index (κ3) is 2.57. The second-order valence-electron chi connectivity index (χ2n) is 4.89. The van der Waals surface area contributed by atoms with E-state index in [1.165, 1.54) is 0 Å². The molecule has 1 aliphatic heterocycles. The highest BCUT2D eigenvalue weighted by atomic mass is 16.4. The number of aromatic nitrogens is 1. The maximum absolute atomic E-state index is 10.9. The van der Waals surface area contributed by atoms with Crippen LogP contribution in [-0.2, 0) is 0 Å². The first-order valence-electron chi connectivity index (χ1n) is 6.02. The summed E-state index contributed by atoms with van der Waals surface area (Å²) in [5.41, 5.74) is 1.09. The molecule has 0 aliphatic carbocycles. The van der Waals surface area contributed by atoms with E-state index in [9.17, 15) is 4.79 Å². The predicted molar refractivity (Wildman–Crippen MR) is 66.4 cm³/mol. The Morgan fingerprint density at radius 3 is 2.88 bits per heavy atom. The molecule has 0 amide bonds. The fraction of sp³-hybridized carbons (Fsp3) is 0.538. The van der Waals surface area contributed by atoms with Crippen LogP contribution in [0.1, 0.15) is 30.8 Å². The lowest BCUT2D eigenvalue weighted by atomic mass is 9.88. The fourth-order valence-electron chi connectivity index (χ4n) is 2.23. The number of carboxylic acid groups (broad SMARTS) is 1. The van der Waals surface area contributed by atoms with Crippen LogP contribution in [0.2, 0.25) is 0 Å². The maximum atomic E-state index is 10.9. The third-order valence-electron chi connectivity index (χ3n) is 3.66. The van der Waals surface area contributed by atoms with Gasteiger partial charge in [-0.1, -0.05) is 13.8 Å². The fourth-order valence-corrected chi connectivity index (χ4v) is 2.23. The highest BCUT2D eigenvalue weighted by molar-refractivity contribution is 5.86. The summed E-state index contributed by atoms with van der Waals surface area (Å²) in [4.78, 5) is 17.0. The molecule has 1 aliphatic rings. The minimum absolute atomic E-state index is 0.119. The van der Waals surface area contributed by atoms with Gasteiger partial charge in [-0.15, -0.1) is 0 Å². The monoisotopic (exact) mass is 234 g/mol. The zero-order valence-electron chi connectivity index (χ0n) is 10.3. The van der Waals surface area contributed by atoms with Crippen molar-refractivity contribution in [2.45, 2.75) is 20.3 Å². The van der Waals surface area contributed by atoms with Crippen LogP contribution in [-0.4, -0.2) is 29.1 Å². The van der Waals surface area contributed by atoms with Gasteiger partial charge in [0.15, 0.2) is 0 Å². The van der Waals surface area contributed by atoms with E-state index in [0.29, 0.717) is 5.92 Å². The largest absolute Gasteiger partial charge is 0.477 e. The Morgan fingerprint density at radius 2 is 2.24 bits per heavy atom. The molecular weight excluding hydrogens is 216 g/mol. The van der Waals surface area contributed by atoms with Crippen LogP contribution in [0.15, 0.2) is 18.3 Å². The van der Waals surface area contributed by atoms with Crippen LogP contribution >= 0.6 is 0 Å². The summed E-state index contributed by atoms with van der Waals surface area (Å²) >= 11 is 0. The van der Waals surface area contributed by atoms with Crippen LogP contribution in [0, 0.1) is 11.8 Å². The molecule has 17 heavy (non-hydrogen) atoms. The van der Waals surface area contributed by atoms with E-state index in [-0.39, 0.29) is 5.69 Å². The van der Waals surface area contributed by atoms with Crippen molar-refractivity contribution in [3.8, 4) is 0 Å². The zero-order valence-corrected chi connectivity index (χ0v) is 10.3.